The second-order valence-corrected chi connectivity index (χ2v) is 2.57. The van der Waals surface area contributed by atoms with Crippen LogP contribution in [0.2, 0.25) is 0 Å². The smallest absolute Gasteiger partial charge is 0.293 e. The summed E-state index contributed by atoms with van der Waals surface area (Å²) in [5.41, 5.74) is -0.0112. The van der Waals surface area contributed by atoms with Gasteiger partial charge in [-0.3, -0.25) is 5.32 Å². The van der Waals surface area contributed by atoms with Crippen LogP contribution in [0.1, 0.15) is 0 Å². The van der Waals surface area contributed by atoms with Gasteiger partial charge in [-0.1, -0.05) is 0 Å². The monoisotopic (exact) mass is 238 g/mol. The van der Waals surface area contributed by atoms with Crippen LogP contribution in [0.3, 0.4) is 0 Å². The summed E-state index contributed by atoms with van der Waals surface area (Å²) in [6.45, 7) is 0. The van der Waals surface area contributed by atoms with Gasteiger partial charge in [0.1, 0.15) is 5.69 Å². The molecule has 2 rings (SSSR count). The zero-order valence-electron chi connectivity index (χ0n) is 7.19. The van der Waals surface area contributed by atoms with Crippen molar-refractivity contribution in [2.75, 3.05) is 5.32 Å². The van der Waals surface area contributed by atoms with Crippen molar-refractivity contribution in [1.29, 1.82) is 0 Å². The topological polar surface area (TPSA) is 42.2 Å². The summed E-state index contributed by atoms with van der Waals surface area (Å²) in [6.07, 6.45) is -0.473. The van der Waals surface area contributed by atoms with Gasteiger partial charge in [0.15, 0.2) is 5.65 Å². The van der Waals surface area contributed by atoms with E-state index in [2.05, 4.69) is 10.1 Å². The number of rotatable bonds is 1. The molecule has 0 fully saturated rings. The van der Waals surface area contributed by atoms with E-state index >= 15 is 0 Å². The van der Waals surface area contributed by atoms with Gasteiger partial charge >= 0.3 is 6.30 Å². The third-order valence-electron chi connectivity index (χ3n) is 1.56. The van der Waals surface area contributed by atoms with Crippen molar-refractivity contribution in [3.8, 4) is 0 Å². The molecule has 0 aromatic carbocycles. The minimum Gasteiger partial charge on any atom is -0.293 e. The molecule has 82 valence electrons. The van der Waals surface area contributed by atoms with E-state index in [1.54, 1.807) is 6.07 Å². The molecule has 0 aliphatic heterocycles. The number of hydrogen-bond donors (Lipinski definition) is 1. The molecule has 15 heavy (non-hydrogen) atoms. The Bertz CT molecular complexity index is 453. The van der Waals surface area contributed by atoms with E-state index in [0.717, 1.165) is 6.20 Å². The van der Waals surface area contributed by atoms with Crippen LogP contribution in [0.15, 0.2) is 24.7 Å². The van der Waals surface area contributed by atoms with Crippen molar-refractivity contribution in [2.24, 2.45) is 0 Å². The maximum Gasteiger partial charge on any atom is 0.482 e. The summed E-state index contributed by atoms with van der Waals surface area (Å²) in [5.74, 6) is 0. The number of hydrogen-bond acceptors (Lipinski definition) is 3. The van der Waals surface area contributed by atoms with Gasteiger partial charge in [-0.25, -0.2) is 9.50 Å². The third-order valence-corrected chi connectivity index (χ3v) is 1.56. The molecule has 8 heteroatoms. The van der Waals surface area contributed by atoms with E-state index < -0.39 is 6.30 Å². The van der Waals surface area contributed by atoms with Crippen LogP contribution in [0, 0.1) is 0 Å². The van der Waals surface area contributed by atoms with Crippen molar-refractivity contribution in [3.05, 3.63) is 24.7 Å². The van der Waals surface area contributed by atoms with E-state index in [-0.39, 0.29) is 23.7 Å². The second kappa shape index (κ2) is 3.93. The molecular weight excluding hydrogens is 233 g/mol. The zero-order chi connectivity index (χ0) is 10.2. The zero-order valence-corrected chi connectivity index (χ0v) is 8.01. The van der Waals surface area contributed by atoms with E-state index in [1.807, 2.05) is 0 Å². The molecule has 0 saturated carbocycles. The first kappa shape index (κ1) is 11.6. The highest BCUT2D eigenvalue weighted by Gasteiger charge is 2.28. The lowest BCUT2D eigenvalue weighted by Gasteiger charge is -2.06. The van der Waals surface area contributed by atoms with Crippen LogP contribution < -0.4 is 5.32 Å². The molecule has 0 aliphatic carbocycles. The quantitative estimate of drug-likeness (QED) is 0.774. The van der Waals surface area contributed by atoms with Gasteiger partial charge in [0.2, 0.25) is 0 Å². The Morgan fingerprint density at radius 2 is 2.07 bits per heavy atom. The lowest BCUT2D eigenvalue weighted by atomic mass is 10.5. The fourth-order valence-electron chi connectivity index (χ4n) is 1.07. The third kappa shape index (κ3) is 2.50. The highest BCUT2D eigenvalue weighted by molar-refractivity contribution is 5.85. The largest absolute Gasteiger partial charge is 0.482 e. The van der Waals surface area contributed by atoms with Crippen LogP contribution in [-0.2, 0) is 0 Å². The number of nitrogens with zero attached hydrogens (tertiary/aromatic N) is 3. The number of fused-ring (bicyclic) bond motifs is 1. The fourth-order valence-corrected chi connectivity index (χ4v) is 1.07. The van der Waals surface area contributed by atoms with Gasteiger partial charge in [-0.15, -0.1) is 12.4 Å². The molecule has 0 atom stereocenters. The van der Waals surface area contributed by atoms with Crippen LogP contribution in [0.5, 0.6) is 0 Å². The lowest BCUT2D eigenvalue weighted by Crippen LogP contribution is -2.20. The average Bonchev–Trinajstić information content (AvgIpc) is 2.47. The molecule has 0 amide bonds. The van der Waals surface area contributed by atoms with Gasteiger partial charge in [-0.2, -0.15) is 18.3 Å². The number of nitrogens with one attached hydrogen (secondary N) is 1. The highest BCUT2D eigenvalue weighted by Crippen LogP contribution is 2.22. The SMILES string of the molecule is Cl.FC(F)(F)Nc1cnn2cccnc12. The molecule has 0 unspecified atom stereocenters. The number of anilines is 1. The van der Waals surface area contributed by atoms with Gasteiger partial charge < -0.3 is 0 Å². The van der Waals surface area contributed by atoms with Crippen molar-refractivity contribution >= 4 is 23.7 Å². The minimum absolute atomic E-state index is 0. The Balaban J connectivity index is 0.00000112. The predicted octanol–water partition coefficient (Wildman–Crippen LogP) is 2.08. The Labute approximate surface area is 88.5 Å². The first-order chi connectivity index (χ1) is 6.56. The molecular formula is C7H6ClF3N4. The summed E-state index contributed by atoms with van der Waals surface area (Å²) in [4.78, 5) is 3.76. The maximum absolute atomic E-state index is 12.0. The van der Waals surface area contributed by atoms with Gasteiger partial charge in [0.05, 0.1) is 6.20 Å². The van der Waals surface area contributed by atoms with Crippen LogP contribution >= 0.6 is 12.4 Å². The summed E-state index contributed by atoms with van der Waals surface area (Å²) >= 11 is 0. The van der Waals surface area contributed by atoms with E-state index in [1.165, 1.54) is 22.2 Å². The molecule has 0 aliphatic rings. The summed E-state index contributed by atoms with van der Waals surface area (Å²) < 4.78 is 37.2. The number of aromatic nitrogens is 3. The van der Waals surface area contributed by atoms with E-state index in [0.29, 0.717) is 0 Å². The molecule has 0 spiro atoms. The normalized spacial score (nSPS) is 11.1. The van der Waals surface area contributed by atoms with Crippen molar-refractivity contribution in [2.45, 2.75) is 6.30 Å². The molecule has 0 bridgehead atoms. The number of halogens is 4. The molecule has 4 nitrogen and oxygen atoms in total. The van der Waals surface area contributed by atoms with E-state index in [9.17, 15) is 13.2 Å². The molecule has 2 heterocycles. The maximum atomic E-state index is 12.0. The van der Waals surface area contributed by atoms with Gasteiger partial charge in [0, 0.05) is 12.4 Å². The second-order valence-electron chi connectivity index (χ2n) is 2.57. The highest BCUT2D eigenvalue weighted by atomic mass is 35.5. The van der Waals surface area contributed by atoms with Crippen molar-refractivity contribution in [1.82, 2.24) is 14.6 Å². The van der Waals surface area contributed by atoms with Crippen molar-refractivity contribution < 1.29 is 13.2 Å². The predicted molar refractivity (Wildman–Crippen MR) is 49.9 cm³/mol. The summed E-state index contributed by atoms with van der Waals surface area (Å²) in [7, 11) is 0. The van der Waals surface area contributed by atoms with Crippen LogP contribution in [-0.4, -0.2) is 20.9 Å². The van der Waals surface area contributed by atoms with Gasteiger partial charge in [0.25, 0.3) is 0 Å². The Kier molecular flexibility index (Phi) is 3.04. The average molecular weight is 239 g/mol. The first-order valence-electron chi connectivity index (χ1n) is 3.69. The lowest BCUT2D eigenvalue weighted by molar-refractivity contribution is -0.0998. The molecule has 2 aromatic heterocycles. The first-order valence-corrected chi connectivity index (χ1v) is 3.69. The minimum atomic E-state index is -4.47. The Morgan fingerprint density at radius 1 is 1.33 bits per heavy atom. The fraction of sp³-hybridized carbons (Fsp3) is 0.143. The summed E-state index contributed by atoms with van der Waals surface area (Å²) in [5, 5.41) is 5.05. The Hall–Kier alpha value is -1.50. The van der Waals surface area contributed by atoms with Crippen LogP contribution in [0.25, 0.3) is 5.65 Å². The molecule has 0 radical (unpaired) electrons. The molecule has 2 aromatic rings. The van der Waals surface area contributed by atoms with Gasteiger partial charge in [-0.05, 0) is 6.07 Å². The summed E-state index contributed by atoms with van der Waals surface area (Å²) in [6, 6.07) is 1.58. The molecule has 0 saturated heterocycles. The van der Waals surface area contributed by atoms with Crippen molar-refractivity contribution in [3.63, 3.8) is 0 Å². The Morgan fingerprint density at radius 3 is 2.73 bits per heavy atom. The van der Waals surface area contributed by atoms with Crippen LogP contribution in [0.4, 0.5) is 18.9 Å². The number of alkyl halides is 3. The standard InChI is InChI=1S/C7H5F3N4.ClH/c8-7(9,10)13-5-4-12-14-3-1-2-11-6(5)14;/h1-4,13H;1H. The van der Waals surface area contributed by atoms with E-state index in [4.69, 9.17) is 0 Å². The molecule has 1 N–H and O–H groups in total.